The molecule has 2 aliphatic rings. The molecule has 31 heavy (non-hydrogen) atoms. The number of rotatable bonds is 7. The molecule has 1 fully saturated rings. The van der Waals surface area contributed by atoms with Crippen LogP contribution in [0.4, 0.5) is 10.1 Å². The number of guanidine groups is 1. The van der Waals surface area contributed by atoms with E-state index >= 15 is 0 Å². The zero-order valence-corrected chi connectivity index (χ0v) is 18.3. The molecule has 0 spiro atoms. The lowest BCUT2D eigenvalue weighted by Crippen LogP contribution is -2.47. The van der Waals surface area contributed by atoms with Crippen molar-refractivity contribution < 1.29 is 4.39 Å². The highest BCUT2D eigenvalue weighted by Gasteiger charge is 2.21. The Kier molecular flexibility index (Phi) is 7.35. The fourth-order valence-electron chi connectivity index (χ4n) is 4.27. The van der Waals surface area contributed by atoms with Crippen LogP contribution in [0, 0.1) is 5.82 Å². The minimum Gasteiger partial charge on any atom is -0.367 e. The molecule has 2 aromatic rings. The van der Waals surface area contributed by atoms with Crippen LogP contribution in [-0.4, -0.2) is 77.5 Å². The largest absolute Gasteiger partial charge is 0.367 e. The maximum atomic E-state index is 14.0. The highest BCUT2D eigenvalue weighted by Crippen LogP contribution is 2.20. The summed E-state index contributed by atoms with van der Waals surface area (Å²) < 4.78 is 16.0. The van der Waals surface area contributed by atoms with E-state index < -0.39 is 0 Å². The summed E-state index contributed by atoms with van der Waals surface area (Å²) in [6, 6.07) is 7.36. The summed E-state index contributed by atoms with van der Waals surface area (Å²) in [4.78, 5) is 13.6. The molecular weight excluding hydrogens is 395 g/mol. The van der Waals surface area contributed by atoms with E-state index in [2.05, 4.69) is 37.4 Å². The van der Waals surface area contributed by atoms with Gasteiger partial charge in [-0.05, 0) is 31.9 Å². The SMILES string of the molecule is CCNC(=NCCCN1CCN(c2ccccc2F)CC1)NC1CCc2ncnn2C1. The second kappa shape index (κ2) is 10.6. The minimum atomic E-state index is -0.133. The van der Waals surface area contributed by atoms with Gasteiger partial charge in [0.1, 0.15) is 18.0 Å². The number of aliphatic imine (C=N–C) groups is 1. The van der Waals surface area contributed by atoms with Crippen molar-refractivity contribution in [3.63, 3.8) is 0 Å². The van der Waals surface area contributed by atoms with Crippen molar-refractivity contribution in [3.05, 3.63) is 42.2 Å². The summed E-state index contributed by atoms with van der Waals surface area (Å²) in [5, 5.41) is 11.2. The minimum absolute atomic E-state index is 0.133. The Balaban J connectivity index is 1.19. The second-order valence-corrected chi connectivity index (χ2v) is 8.13. The maximum Gasteiger partial charge on any atom is 0.191 e. The van der Waals surface area contributed by atoms with Crippen molar-refractivity contribution in [1.82, 2.24) is 30.3 Å². The van der Waals surface area contributed by atoms with E-state index in [1.807, 2.05) is 16.8 Å². The molecule has 0 radical (unpaired) electrons. The van der Waals surface area contributed by atoms with Crippen molar-refractivity contribution in [2.75, 3.05) is 50.7 Å². The molecule has 4 rings (SSSR count). The van der Waals surface area contributed by atoms with Gasteiger partial charge in [0, 0.05) is 58.3 Å². The van der Waals surface area contributed by atoms with Gasteiger partial charge in [-0.2, -0.15) is 5.10 Å². The van der Waals surface area contributed by atoms with Gasteiger partial charge < -0.3 is 15.5 Å². The molecule has 0 saturated carbocycles. The van der Waals surface area contributed by atoms with Crippen LogP contribution in [-0.2, 0) is 13.0 Å². The lowest BCUT2D eigenvalue weighted by Gasteiger charge is -2.36. The average Bonchev–Trinajstić information content (AvgIpc) is 3.26. The van der Waals surface area contributed by atoms with E-state index in [4.69, 9.17) is 4.99 Å². The molecule has 0 aliphatic carbocycles. The first-order valence-corrected chi connectivity index (χ1v) is 11.4. The molecule has 1 atom stereocenters. The van der Waals surface area contributed by atoms with Crippen LogP contribution in [0.5, 0.6) is 0 Å². The second-order valence-electron chi connectivity index (χ2n) is 8.13. The fraction of sp³-hybridized carbons (Fsp3) is 0.591. The van der Waals surface area contributed by atoms with Crippen molar-refractivity contribution in [3.8, 4) is 0 Å². The molecule has 0 amide bonds. The maximum absolute atomic E-state index is 14.0. The lowest BCUT2D eigenvalue weighted by molar-refractivity contribution is 0.256. The molecule has 168 valence electrons. The number of para-hydroxylation sites is 1. The summed E-state index contributed by atoms with van der Waals surface area (Å²) in [7, 11) is 0. The van der Waals surface area contributed by atoms with Crippen LogP contribution in [0.1, 0.15) is 25.6 Å². The first-order chi connectivity index (χ1) is 15.2. The molecular formula is C22H33FN8. The highest BCUT2D eigenvalue weighted by atomic mass is 19.1. The smallest absolute Gasteiger partial charge is 0.191 e. The van der Waals surface area contributed by atoms with Crippen LogP contribution < -0.4 is 15.5 Å². The third kappa shape index (κ3) is 5.72. The zero-order chi connectivity index (χ0) is 21.5. The van der Waals surface area contributed by atoms with Gasteiger partial charge >= 0.3 is 0 Å². The predicted molar refractivity (Wildman–Crippen MR) is 121 cm³/mol. The molecule has 2 N–H and O–H groups in total. The highest BCUT2D eigenvalue weighted by molar-refractivity contribution is 5.80. The number of hydrogen-bond donors (Lipinski definition) is 2. The number of anilines is 1. The van der Waals surface area contributed by atoms with Gasteiger partial charge in [-0.25, -0.2) is 14.1 Å². The Morgan fingerprint density at radius 3 is 2.87 bits per heavy atom. The molecule has 0 bridgehead atoms. The number of aryl methyl sites for hydroxylation is 1. The van der Waals surface area contributed by atoms with Gasteiger partial charge in [-0.1, -0.05) is 12.1 Å². The third-order valence-corrected chi connectivity index (χ3v) is 5.96. The average molecular weight is 429 g/mol. The van der Waals surface area contributed by atoms with Gasteiger partial charge in [-0.15, -0.1) is 0 Å². The summed E-state index contributed by atoms with van der Waals surface area (Å²) in [5.74, 6) is 1.81. The number of hydrogen-bond acceptors (Lipinski definition) is 5. The van der Waals surface area contributed by atoms with Crippen molar-refractivity contribution in [2.45, 2.75) is 38.8 Å². The fourth-order valence-corrected chi connectivity index (χ4v) is 4.27. The molecule has 3 heterocycles. The number of nitrogens with zero attached hydrogens (tertiary/aromatic N) is 6. The first-order valence-electron chi connectivity index (χ1n) is 11.4. The molecule has 1 aromatic heterocycles. The monoisotopic (exact) mass is 428 g/mol. The number of benzene rings is 1. The predicted octanol–water partition coefficient (Wildman–Crippen LogP) is 1.50. The van der Waals surface area contributed by atoms with Crippen molar-refractivity contribution >= 4 is 11.6 Å². The number of nitrogens with one attached hydrogen (secondary N) is 2. The normalized spacial score (nSPS) is 19.9. The Morgan fingerprint density at radius 2 is 2.06 bits per heavy atom. The van der Waals surface area contributed by atoms with Crippen LogP contribution in [0.25, 0.3) is 0 Å². The zero-order valence-electron chi connectivity index (χ0n) is 18.3. The summed E-state index contributed by atoms with van der Waals surface area (Å²) in [6.45, 7) is 9.18. The van der Waals surface area contributed by atoms with E-state index in [9.17, 15) is 4.39 Å². The Labute approximate surface area is 183 Å². The Bertz CT molecular complexity index is 859. The summed E-state index contributed by atoms with van der Waals surface area (Å²) >= 11 is 0. The molecule has 2 aliphatic heterocycles. The molecule has 1 aromatic carbocycles. The number of aromatic nitrogens is 3. The van der Waals surface area contributed by atoms with E-state index in [0.29, 0.717) is 11.7 Å². The number of piperazine rings is 1. The van der Waals surface area contributed by atoms with E-state index in [0.717, 1.165) is 83.4 Å². The molecule has 1 saturated heterocycles. The van der Waals surface area contributed by atoms with E-state index in [1.54, 1.807) is 12.4 Å². The molecule has 9 heteroatoms. The van der Waals surface area contributed by atoms with Gasteiger partial charge in [0.2, 0.25) is 0 Å². The summed E-state index contributed by atoms with van der Waals surface area (Å²) in [6.07, 6.45) is 4.62. The van der Waals surface area contributed by atoms with Gasteiger partial charge in [-0.3, -0.25) is 9.89 Å². The topological polar surface area (TPSA) is 73.6 Å². The van der Waals surface area contributed by atoms with E-state index in [1.165, 1.54) is 6.07 Å². The Hall–Kier alpha value is -2.68. The van der Waals surface area contributed by atoms with Crippen LogP contribution >= 0.6 is 0 Å². The molecule has 8 nitrogen and oxygen atoms in total. The first kappa shape index (κ1) is 21.5. The number of halogens is 1. The standard InChI is InChI=1S/C22H33FN8/c1-2-24-22(28-18-8-9-21-26-17-27-31(21)16-18)25-10-5-11-29-12-14-30(15-13-29)20-7-4-3-6-19(20)23/h3-4,6-7,17-18H,2,5,8-16H2,1H3,(H2,24,25,28). The third-order valence-electron chi connectivity index (χ3n) is 5.96. The van der Waals surface area contributed by atoms with E-state index in [-0.39, 0.29) is 5.82 Å². The van der Waals surface area contributed by atoms with Gasteiger partial charge in [0.25, 0.3) is 0 Å². The number of fused-ring (bicyclic) bond motifs is 1. The van der Waals surface area contributed by atoms with Crippen LogP contribution in [0.3, 0.4) is 0 Å². The van der Waals surface area contributed by atoms with Gasteiger partial charge in [0.15, 0.2) is 5.96 Å². The van der Waals surface area contributed by atoms with Crippen LogP contribution in [0.15, 0.2) is 35.6 Å². The van der Waals surface area contributed by atoms with Gasteiger partial charge in [0.05, 0.1) is 12.2 Å². The Morgan fingerprint density at radius 1 is 1.23 bits per heavy atom. The molecule has 1 unspecified atom stereocenters. The lowest BCUT2D eigenvalue weighted by atomic mass is 10.1. The van der Waals surface area contributed by atoms with Crippen molar-refractivity contribution in [2.24, 2.45) is 4.99 Å². The summed E-state index contributed by atoms with van der Waals surface area (Å²) in [5.41, 5.74) is 0.717. The van der Waals surface area contributed by atoms with Crippen LogP contribution in [0.2, 0.25) is 0 Å². The quantitative estimate of drug-likeness (QED) is 0.396. The van der Waals surface area contributed by atoms with Crippen molar-refractivity contribution in [1.29, 1.82) is 0 Å².